The van der Waals surface area contributed by atoms with Gasteiger partial charge in [0.2, 0.25) is 0 Å². The van der Waals surface area contributed by atoms with E-state index in [1.807, 2.05) is 0 Å². The minimum absolute atomic E-state index is 0.290. The second-order valence-corrected chi connectivity index (χ2v) is 4.91. The number of amides is 2. The fraction of sp³-hybridized carbons (Fsp3) is 0.167. The Bertz CT molecular complexity index is 764. The summed E-state index contributed by atoms with van der Waals surface area (Å²) >= 11 is 0. The highest BCUT2D eigenvalue weighted by molar-refractivity contribution is 6.00. The van der Waals surface area contributed by atoms with Crippen LogP contribution >= 0.6 is 0 Å². The second kappa shape index (κ2) is 8.34. The highest BCUT2D eigenvalue weighted by atomic mass is 16.5. The van der Waals surface area contributed by atoms with Crippen LogP contribution in [0.15, 0.2) is 48.5 Å². The molecule has 0 spiro atoms. The first-order valence-electron chi connectivity index (χ1n) is 7.43. The van der Waals surface area contributed by atoms with Gasteiger partial charge in [-0.1, -0.05) is 18.2 Å². The normalized spacial score (nSPS) is 9.67. The number of urea groups is 1. The number of esters is 1. The third kappa shape index (κ3) is 4.85. The maximum absolute atomic E-state index is 12.0. The molecule has 0 saturated carbocycles. The van der Waals surface area contributed by atoms with Crippen molar-refractivity contribution in [1.29, 1.82) is 5.26 Å². The Kier molecular flexibility index (Phi) is 5.92. The molecule has 6 heteroatoms. The Morgan fingerprint density at radius 1 is 1.08 bits per heavy atom. The number of carbonyl (C=O) groups is 2. The Labute approximate surface area is 140 Å². The van der Waals surface area contributed by atoms with Crippen LogP contribution in [-0.2, 0) is 11.2 Å². The van der Waals surface area contributed by atoms with Crippen LogP contribution in [0, 0.1) is 11.3 Å². The van der Waals surface area contributed by atoms with Gasteiger partial charge in [0.25, 0.3) is 0 Å². The summed E-state index contributed by atoms with van der Waals surface area (Å²) in [6.07, 6.45) is 0.327. The lowest BCUT2D eigenvalue weighted by molar-refractivity contribution is 0.0526. The molecule has 0 heterocycles. The van der Waals surface area contributed by atoms with Gasteiger partial charge in [-0.2, -0.15) is 5.26 Å². The summed E-state index contributed by atoms with van der Waals surface area (Å²) in [6, 6.07) is 15.2. The Morgan fingerprint density at radius 2 is 1.79 bits per heavy atom. The zero-order chi connectivity index (χ0) is 17.4. The van der Waals surface area contributed by atoms with Crippen molar-refractivity contribution in [3.63, 3.8) is 0 Å². The van der Waals surface area contributed by atoms with Gasteiger partial charge in [0.1, 0.15) is 0 Å². The topological polar surface area (TPSA) is 91.2 Å². The fourth-order valence-corrected chi connectivity index (χ4v) is 2.03. The Balaban J connectivity index is 1.98. The molecule has 2 amide bonds. The molecule has 24 heavy (non-hydrogen) atoms. The third-order valence-corrected chi connectivity index (χ3v) is 3.13. The van der Waals surface area contributed by atoms with Crippen molar-refractivity contribution in [3.8, 4) is 6.07 Å². The molecular weight excluding hydrogens is 306 g/mol. The zero-order valence-electron chi connectivity index (χ0n) is 13.2. The number of nitriles is 1. The highest BCUT2D eigenvalue weighted by Crippen LogP contribution is 2.14. The van der Waals surface area contributed by atoms with E-state index in [1.54, 1.807) is 55.5 Å². The van der Waals surface area contributed by atoms with E-state index in [0.717, 1.165) is 5.56 Å². The molecule has 0 aliphatic heterocycles. The van der Waals surface area contributed by atoms with Gasteiger partial charge in [-0.05, 0) is 42.8 Å². The lowest BCUT2D eigenvalue weighted by atomic mass is 10.1. The summed E-state index contributed by atoms with van der Waals surface area (Å²) < 4.78 is 4.92. The fourth-order valence-electron chi connectivity index (χ4n) is 2.03. The molecule has 0 unspecified atom stereocenters. The van der Waals surface area contributed by atoms with E-state index < -0.39 is 12.0 Å². The average Bonchev–Trinajstić information content (AvgIpc) is 2.57. The lowest BCUT2D eigenvalue weighted by Crippen LogP contribution is -2.19. The molecule has 0 bridgehead atoms. The van der Waals surface area contributed by atoms with Crippen molar-refractivity contribution in [3.05, 3.63) is 59.7 Å². The van der Waals surface area contributed by atoms with Gasteiger partial charge in [0.15, 0.2) is 0 Å². The van der Waals surface area contributed by atoms with E-state index in [1.165, 1.54) is 0 Å². The van der Waals surface area contributed by atoms with Crippen LogP contribution in [0.2, 0.25) is 0 Å². The van der Waals surface area contributed by atoms with Gasteiger partial charge in [-0.25, -0.2) is 9.59 Å². The molecule has 122 valence electrons. The standard InChI is InChI=1S/C18H17N3O3/c1-2-24-17(22)14-4-3-5-16(12-14)21-18(23)20-15-8-6-13(7-9-15)10-11-19/h3-9,12H,2,10H2,1H3,(H2,20,21,23). The van der Waals surface area contributed by atoms with Crippen LogP contribution in [-0.4, -0.2) is 18.6 Å². The molecule has 0 saturated heterocycles. The number of hydrogen-bond donors (Lipinski definition) is 2. The SMILES string of the molecule is CCOC(=O)c1cccc(NC(=O)Nc2ccc(CC#N)cc2)c1. The van der Waals surface area contributed by atoms with Gasteiger partial charge in [0.05, 0.1) is 24.7 Å². The minimum atomic E-state index is -0.436. The highest BCUT2D eigenvalue weighted by Gasteiger charge is 2.08. The van der Waals surface area contributed by atoms with Gasteiger partial charge >= 0.3 is 12.0 Å². The maximum atomic E-state index is 12.0. The summed E-state index contributed by atoms with van der Waals surface area (Å²) in [5.41, 5.74) is 2.34. The molecule has 2 rings (SSSR count). The number of nitrogens with one attached hydrogen (secondary N) is 2. The maximum Gasteiger partial charge on any atom is 0.338 e. The number of anilines is 2. The Hall–Kier alpha value is -3.33. The van der Waals surface area contributed by atoms with E-state index in [-0.39, 0.29) is 0 Å². The van der Waals surface area contributed by atoms with E-state index in [0.29, 0.717) is 30.0 Å². The van der Waals surface area contributed by atoms with Gasteiger partial charge in [-0.15, -0.1) is 0 Å². The van der Waals surface area contributed by atoms with E-state index in [2.05, 4.69) is 16.7 Å². The average molecular weight is 323 g/mol. The Morgan fingerprint density at radius 3 is 2.46 bits per heavy atom. The summed E-state index contributed by atoms with van der Waals surface area (Å²) in [6.45, 7) is 2.02. The second-order valence-electron chi connectivity index (χ2n) is 4.91. The minimum Gasteiger partial charge on any atom is -0.462 e. The summed E-state index contributed by atoms with van der Waals surface area (Å²) in [5, 5.41) is 14.0. The smallest absolute Gasteiger partial charge is 0.338 e. The van der Waals surface area contributed by atoms with E-state index >= 15 is 0 Å². The first-order chi connectivity index (χ1) is 11.6. The van der Waals surface area contributed by atoms with Crippen LogP contribution in [0.25, 0.3) is 0 Å². The molecule has 0 fully saturated rings. The molecule has 2 aromatic carbocycles. The summed E-state index contributed by atoms with van der Waals surface area (Å²) in [4.78, 5) is 23.7. The van der Waals surface area contributed by atoms with E-state index in [4.69, 9.17) is 10.00 Å². The van der Waals surface area contributed by atoms with Crippen molar-refractivity contribution in [1.82, 2.24) is 0 Å². The molecule has 0 aromatic heterocycles. The first-order valence-corrected chi connectivity index (χ1v) is 7.43. The van der Waals surface area contributed by atoms with E-state index in [9.17, 15) is 9.59 Å². The molecule has 0 atom stereocenters. The molecular formula is C18H17N3O3. The molecule has 6 nitrogen and oxygen atoms in total. The third-order valence-electron chi connectivity index (χ3n) is 3.13. The van der Waals surface area contributed by atoms with Crippen LogP contribution in [0.3, 0.4) is 0 Å². The van der Waals surface area contributed by atoms with Crippen molar-refractivity contribution < 1.29 is 14.3 Å². The summed E-state index contributed by atoms with van der Waals surface area (Å²) in [5.74, 6) is -0.436. The van der Waals surface area contributed by atoms with Crippen molar-refractivity contribution in [2.24, 2.45) is 0 Å². The lowest BCUT2D eigenvalue weighted by Gasteiger charge is -2.09. The van der Waals surface area contributed by atoms with Crippen LogP contribution < -0.4 is 10.6 Å². The van der Waals surface area contributed by atoms with Crippen molar-refractivity contribution in [2.75, 3.05) is 17.2 Å². The molecule has 2 aromatic rings. The number of hydrogen-bond acceptors (Lipinski definition) is 4. The van der Waals surface area contributed by atoms with Crippen molar-refractivity contribution >= 4 is 23.4 Å². The predicted octanol–water partition coefficient (Wildman–Crippen LogP) is 3.57. The molecule has 0 aliphatic rings. The predicted molar refractivity (Wildman–Crippen MR) is 90.8 cm³/mol. The van der Waals surface area contributed by atoms with Gasteiger partial charge < -0.3 is 15.4 Å². The van der Waals surface area contributed by atoms with Crippen LogP contribution in [0.1, 0.15) is 22.8 Å². The molecule has 0 radical (unpaired) electrons. The number of benzene rings is 2. The molecule has 0 aliphatic carbocycles. The quantitative estimate of drug-likeness (QED) is 0.823. The zero-order valence-corrected chi connectivity index (χ0v) is 13.2. The molecule has 2 N–H and O–H groups in total. The first kappa shape index (κ1) is 17.0. The number of ether oxygens (including phenoxy) is 1. The van der Waals surface area contributed by atoms with Gasteiger partial charge in [-0.3, -0.25) is 0 Å². The van der Waals surface area contributed by atoms with Crippen LogP contribution in [0.5, 0.6) is 0 Å². The monoisotopic (exact) mass is 323 g/mol. The summed E-state index contributed by atoms with van der Waals surface area (Å²) in [7, 11) is 0. The number of nitrogens with zero attached hydrogens (tertiary/aromatic N) is 1. The van der Waals surface area contributed by atoms with Crippen LogP contribution in [0.4, 0.5) is 16.2 Å². The largest absolute Gasteiger partial charge is 0.462 e. The van der Waals surface area contributed by atoms with Gasteiger partial charge in [0, 0.05) is 11.4 Å². The van der Waals surface area contributed by atoms with Crippen molar-refractivity contribution in [2.45, 2.75) is 13.3 Å². The number of carbonyl (C=O) groups excluding carboxylic acids is 2. The number of rotatable bonds is 5.